The number of amides is 1. The predicted molar refractivity (Wildman–Crippen MR) is 88.2 cm³/mol. The molecule has 1 aliphatic rings. The third-order valence-electron chi connectivity index (χ3n) is 3.78. The molecule has 0 spiro atoms. The van der Waals surface area contributed by atoms with Gasteiger partial charge in [-0.25, -0.2) is 4.98 Å². The largest absolute Gasteiger partial charge is 0.361 e. The normalized spacial score (nSPS) is 18.2. The van der Waals surface area contributed by atoms with Gasteiger partial charge in [0.25, 0.3) is 5.91 Å². The zero-order chi connectivity index (χ0) is 16.2. The quantitative estimate of drug-likeness (QED) is 0.864. The van der Waals surface area contributed by atoms with Crippen molar-refractivity contribution in [2.24, 2.45) is 5.73 Å². The Kier molecular flexibility index (Phi) is 4.97. The molecule has 7 heteroatoms. The monoisotopic (exact) mass is 332 g/mol. The molecule has 2 aromatic heterocycles. The summed E-state index contributed by atoms with van der Waals surface area (Å²) in [5.41, 5.74) is 7.46. The second kappa shape index (κ2) is 7.14. The number of hydrogen-bond acceptors (Lipinski definition) is 6. The molecule has 23 heavy (non-hydrogen) atoms. The van der Waals surface area contributed by atoms with E-state index in [1.165, 1.54) is 11.8 Å². The smallest absolute Gasteiger partial charge is 0.256 e. The molecule has 3 rings (SSSR count). The van der Waals surface area contributed by atoms with Crippen LogP contribution in [-0.4, -0.2) is 40.1 Å². The minimum Gasteiger partial charge on any atom is -0.361 e. The van der Waals surface area contributed by atoms with Crippen LogP contribution < -0.4 is 5.73 Å². The number of thioether (sulfide) groups is 1. The van der Waals surface area contributed by atoms with Crippen LogP contribution in [0.2, 0.25) is 0 Å². The van der Waals surface area contributed by atoms with Crippen LogP contribution in [0.4, 0.5) is 0 Å². The van der Waals surface area contributed by atoms with E-state index in [-0.39, 0.29) is 11.9 Å². The van der Waals surface area contributed by atoms with Gasteiger partial charge in [0.1, 0.15) is 10.8 Å². The Labute approximate surface area is 139 Å². The fraction of sp³-hybridized carbons (Fsp3) is 0.438. The maximum Gasteiger partial charge on any atom is 0.256 e. The lowest BCUT2D eigenvalue weighted by Crippen LogP contribution is -2.45. The van der Waals surface area contributed by atoms with Crippen LogP contribution in [0.25, 0.3) is 0 Å². The van der Waals surface area contributed by atoms with Gasteiger partial charge in [0.2, 0.25) is 0 Å². The van der Waals surface area contributed by atoms with Gasteiger partial charge in [0.15, 0.2) is 0 Å². The Balaban J connectivity index is 1.73. The summed E-state index contributed by atoms with van der Waals surface area (Å²) in [5.74, 6) is 1.40. The Morgan fingerprint density at radius 2 is 2.43 bits per heavy atom. The molecule has 0 bridgehead atoms. The summed E-state index contributed by atoms with van der Waals surface area (Å²) in [5, 5.41) is 4.69. The van der Waals surface area contributed by atoms with Crippen LogP contribution in [0.1, 0.15) is 34.7 Å². The molecule has 122 valence electrons. The number of rotatable bonds is 4. The van der Waals surface area contributed by atoms with Crippen LogP contribution in [0.3, 0.4) is 0 Å². The fourth-order valence-electron chi connectivity index (χ4n) is 2.66. The highest BCUT2D eigenvalue weighted by molar-refractivity contribution is 7.98. The van der Waals surface area contributed by atoms with Crippen molar-refractivity contribution >= 4 is 17.7 Å². The highest BCUT2D eigenvalue weighted by Gasteiger charge is 2.24. The van der Waals surface area contributed by atoms with Crippen molar-refractivity contribution in [3.63, 3.8) is 0 Å². The summed E-state index contributed by atoms with van der Waals surface area (Å²) >= 11 is 1.49. The standard InChI is InChI=1S/C16H20N4O2S/c1-11-8-13(19-22-11)10-23-15-14(5-2-6-18-15)16(21)20-7-3-4-12(17)9-20/h2,5-6,8,12H,3-4,7,9-10,17H2,1H3. The second-order valence-corrected chi connectivity index (χ2v) is 6.69. The minimum atomic E-state index is 0.00656. The molecular formula is C16H20N4O2S. The summed E-state index contributed by atoms with van der Waals surface area (Å²) < 4.78 is 5.06. The van der Waals surface area contributed by atoms with Crippen molar-refractivity contribution in [3.8, 4) is 0 Å². The lowest BCUT2D eigenvalue weighted by Gasteiger charge is -2.31. The van der Waals surface area contributed by atoms with Gasteiger partial charge in [0.05, 0.1) is 11.3 Å². The Morgan fingerprint density at radius 3 is 3.17 bits per heavy atom. The first kappa shape index (κ1) is 16.0. The van der Waals surface area contributed by atoms with Gasteiger partial charge < -0.3 is 15.2 Å². The lowest BCUT2D eigenvalue weighted by molar-refractivity contribution is 0.0704. The zero-order valence-corrected chi connectivity index (χ0v) is 13.9. The van der Waals surface area contributed by atoms with Crippen molar-refractivity contribution in [3.05, 3.63) is 41.4 Å². The molecule has 0 aliphatic carbocycles. The van der Waals surface area contributed by atoms with E-state index in [1.54, 1.807) is 12.3 Å². The Morgan fingerprint density at radius 1 is 1.57 bits per heavy atom. The van der Waals surface area contributed by atoms with E-state index >= 15 is 0 Å². The topological polar surface area (TPSA) is 85.2 Å². The third kappa shape index (κ3) is 3.92. The van der Waals surface area contributed by atoms with Crippen LogP contribution in [0, 0.1) is 6.92 Å². The molecule has 0 aromatic carbocycles. The number of likely N-dealkylation sites (tertiary alicyclic amines) is 1. The Bertz CT molecular complexity index is 688. The number of aryl methyl sites for hydroxylation is 1. The molecule has 1 aliphatic heterocycles. The SMILES string of the molecule is Cc1cc(CSc2ncccc2C(=O)N2CCCC(N)C2)no1. The molecule has 3 heterocycles. The predicted octanol–water partition coefficient (Wildman–Crippen LogP) is 2.23. The number of hydrogen-bond donors (Lipinski definition) is 1. The number of nitrogens with two attached hydrogens (primary N) is 1. The first-order chi connectivity index (χ1) is 11.1. The van der Waals surface area contributed by atoms with Gasteiger partial charge in [-0.2, -0.15) is 0 Å². The average molecular weight is 332 g/mol. The van der Waals surface area contributed by atoms with Crippen molar-refractivity contribution in [1.29, 1.82) is 0 Å². The lowest BCUT2D eigenvalue weighted by atomic mass is 10.1. The number of carbonyl (C=O) groups excluding carboxylic acids is 1. The molecule has 6 nitrogen and oxygen atoms in total. The molecule has 2 N–H and O–H groups in total. The number of pyridine rings is 1. The first-order valence-electron chi connectivity index (χ1n) is 7.68. The van der Waals surface area contributed by atoms with Gasteiger partial charge in [-0.05, 0) is 31.9 Å². The second-order valence-electron chi connectivity index (χ2n) is 5.73. The molecule has 2 aromatic rings. The molecule has 0 saturated carbocycles. The van der Waals surface area contributed by atoms with E-state index in [2.05, 4.69) is 10.1 Å². The van der Waals surface area contributed by atoms with Crippen LogP contribution in [0.5, 0.6) is 0 Å². The van der Waals surface area contributed by atoms with E-state index in [4.69, 9.17) is 10.3 Å². The third-order valence-corrected chi connectivity index (χ3v) is 4.82. The molecule has 1 fully saturated rings. The molecule has 1 saturated heterocycles. The highest BCUT2D eigenvalue weighted by atomic mass is 32.2. The van der Waals surface area contributed by atoms with Crippen molar-refractivity contribution in [1.82, 2.24) is 15.0 Å². The van der Waals surface area contributed by atoms with Crippen LogP contribution in [-0.2, 0) is 5.75 Å². The van der Waals surface area contributed by atoms with Gasteiger partial charge >= 0.3 is 0 Å². The van der Waals surface area contributed by atoms with E-state index in [0.717, 1.165) is 35.9 Å². The maximum absolute atomic E-state index is 12.8. The van der Waals surface area contributed by atoms with Crippen molar-refractivity contribution in [2.45, 2.75) is 36.6 Å². The maximum atomic E-state index is 12.8. The molecule has 0 radical (unpaired) electrons. The summed E-state index contributed by atoms with van der Waals surface area (Å²) in [6.07, 6.45) is 3.63. The minimum absolute atomic E-state index is 0.00656. The molecule has 1 unspecified atom stereocenters. The fourth-order valence-corrected chi connectivity index (χ4v) is 3.53. The molecular weight excluding hydrogens is 312 g/mol. The van der Waals surface area contributed by atoms with Gasteiger partial charge in [-0.1, -0.05) is 16.9 Å². The van der Waals surface area contributed by atoms with Gasteiger partial charge in [-0.3, -0.25) is 4.79 Å². The number of aromatic nitrogens is 2. The van der Waals surface area contributed by atoms with Crippen LogP contribution in [0.15, 0.2) is 33.9 Å². The Hall–Kier alpha value is -1.86. The van der Waals surface area contributed by atoms with E-state index in [9.17, 15) is 4.79 Å². The van der Waals surface area contributed by atoms with Crippen LogP contribution >= 0.6 is 11.8 Å². The number of nitrogens with zero attached hydrogens (tertiary/aromatic N) is 3. The molecule has 1 atom stereocenters. The number of carbonyl (C=O) groups is 1. The summed E-state index contributed by atoms with van der Waals surface area (Å²) in [7, 11) is 0. The van der Waals surface area contributed by atoms with Gasteiger partial charge in [0, 0.05) is 37.1 Å². The molecule has 1 amide bonds. The number of piperidine rings is 1. The summed E-state index contributed by atoms with van der Waals surface area (Å²) in [6, 6.07) is 5.58. The summed E-state index contributed by atoms with van der Waals surface area (Å²) in [4.78, 5) is 19.0. The first-order valence-corrected chi connectivity index (χ1v) is 8.67. The van der Waals surface area contributed by atoms with Gasteiger partial charge in [-0.15, -0.1) is 0 Å². The van der Waals surface area contributed by atoms with E-state index in [1.807, 2.05) is 24.0 Å². The zero-order valence-electron chi connectivity index (χ0n) is 13.1. The van der Waals surface area contributed by atoms with E-state index < -0.39 is 0 Å². The summed E-state index contributed by atoms with van der Waals surface area (Å²) in [6.45, 7) is 3.23. The van der Waals surface area contributed by atoms with E-state index in [0.29, 0.717) is 17.9 Å². The van der Waals surface area contributed by atoms with Crippen molar-refractivity contribution < 1.29 is 9.32 Å². The van der Waals surface area contributed by atoms with Crippen molar-refractivity contribution in [2.75, 3.05) is 13.1 Å². The highest BCUT2D eigenvalue weighted by Crippen LogP contribution is 2.25. The average Bonchev–Trinajstić information content (AvgIpc) is 2.98.